The highest BCUT2D eigenvalue weighted by Crippen LogP contribution is 2.43. The Kier molecular flexibility index (Phi) is 4.50. The molecule has 1 aliphatic carbocycles. The predicted molar refractivity (Wildman–Crippen MR) is 114 cm³/mol. The summed E-state index contributed by atoms with van der Waals surface area (Å²) in [6.45, 7) is 4.98. The molecule has 1 aliphatic heterocycles. The number of aryl methyl sites for hydroxylation is 2. The van der Waals surface area contributed by atoms with E-state index in [2.05, 4.69) is 40.4 Å². The van der Waals surface area contributed by atoms with E-state index >= 15 is 0 Å². The van der Waals surface area contributed by atoms with Crippen molar-refractivity contribution in [1.82, 2.24) is 5.16 Å². The van der Waals surface area contributed by atoms with Gasteiger partial charge in [-0.25, -0.2) is 0 Å². The average molecular weight is 403 g/mol. The zero-order valence-electron chi connectivity index (χ0n) is 17.2. The number of rotatable bonds is 5. The van der Waals surface area contributed by atoms with Crippen LogP contribution in [0.25, 0.3) is 11.1 Å². The smallest absolute Gasteiger partial charge is 0.260 e. The topological polar surface area (TPSA) is 81.6 Å². The first-order valence-electron chi connectivity index (χ1n) is 10.4. The molecule has 1 fully saturated rings. The molecule has 0 bridgehead atoms. The van der Waals surface area contributed by atoms with Gasteiger partial charge in [0.25, 0.3) is 5.91 Å². The number of ether oxygens (including phenoxy) is 1. The lowest BCUT2D eigenvalue weighted by molar-refractivity contribution is -0.124. The molecule has 3 aromatic rings. The zero-order valence-corrected chi connectivity index (χ0v) is 17.2. The molecule has 1 saturated carbocycles. The molecule has 5 rings (SSSR count). The van der Waals surface area contributed by atoms with Gasteiger partial charge in [0.1, 0.15) is 11.5 Å². The maximum Gasteiger partial charge on any atom is 0.260 e. The Labute approximate surface area is 175 Å². The van der Waals surface area contributed by atoms with Gasteiger partial charge in [0, 0.05) is 12.1 Å². The fraction of sp³-hybridized carbons (Fsp3) is 0.333. The molecule has 2 aromatic carbocycles. The Morgan fingerprint density at radius 2 is 2.00 bits per heavy atom. The van der Waals surface area contributed by atoms with Gasteiger partial charge in [-0.15, -0.1) is 0 Å². The number of nitrogens with zero attached hydrogens (tertiary/aromatic N) is 2. The summed E-state index contributed by atoms with van der Waals surface area (Å²) in [6, 6.07) is 14.6. The molecule has 2 aliphatic rings. The van der Waals surface area contributed by atoms with Crippen LogP contribution in [0.5, 0.6) is 5.75 Å². The second kappa shape index (κ2) is 7.20. The highest BCUT2D eigenvalue weighted by Gasteiger charge is 2.32. The van der Waals surface area contributed by atoms with Crippen molar-refractivity contribution in [1.29, 1.82) is 0 Å². The summed E-state index contributed by atoms with van der Waals surface area (Å²) in [7, 11) is 0. The van der Waals surface area contributed by atoms with Crippen LogP contribution in [0.1, 0.15) is 41.3 Å². The number of nitrogens with two attached hydrogens (primary N) is 1. The van der Waals surface area contributed by atoms with Crippen molar-refractivity contribution in [3.63, 3.8) is 0 Å². The Hall–Kier alpha value is -3.28. The SMILES string of the molecule is Cc1noc(C)c1-c1ccc2c(c1)N(Cc1ccccc1C1CC1)CC(C(N)=O)O2. The van der Waals surface area contributed by atoms with Crippen LogP contribution < -0.4 is 15.4 Å². The van der Waals surface area contributed by atoms with Crippen molar-refractivity contribution in [2.24, 2.45) is 5.73 Å². The third-order valence-corrected chi connectivity index (χ3v) is 6.03. The van der Waals surface area contributed by atoms with Gasteiger partial charge in [-0.1, -0.05) is 35.5 Å². The van der Waals surface area contributed by atoms with E-state index in [0.29, 0.717) is 24.8 Å². The van der Waals surface area contributed by atoms with Crippen LogP contribution >= 0.6 is 0 Å². The first-order chi connectivity index (χ1) is 14.5. The number of aromatic nitrogens is 1. The van der Waals surface area contributed by atoms with Crippen LogP contribution in [0, 0.1) is 13.8 Å². The third-order valence-electron chi connectivity index (χ3n) is 6.03. The minimum Gasteiger partial charge on any atom is -0.477 e. The van der Waals surface area contributed by atoms with Gasteiger partial charge < -0.3 is 19.9 Å². The Morgan fingerprint density at radius 3 is 2.70 bits per heavy atom. The van der Waals surface area contributed by atoms with Crippen LogP contribution in [0.15, 0.2) is 47.0 Å². The van der Waals surface area contributed by atoms with Gasteiger partial charge in [0.15, 0.2) is 6.10 Å². The van der Waals surface area contributed by atoms with E-state index in [4.69, 9.17) is 15.0 Å². The van der Waals surface area contributed by atoms with Gasteiger partial charge in [-0.3, -0.25) is 4.79 Å². The number of amides is 1. The number of primary amides is 1. The van der Waals surface area contributed by atoms with E-state index in [1.165, 1.54) is 24.0 Å². The lowest BCUT2D eigenvalue weighted by atomic mass is 10.00. The van der Waals surface area contributed by atoms with E-state index in [1.807, 2.05) is 26.0 Å². The maximum atomic E-state index is 11.9. The second-order valence-electron chi connectivity index (χ2n) is 8.24. The van der Waals surface area contributed by atoms with Gasteiger partial charge in [0.2, 0.25) is 0 Å². The van der Waals surface area contributed by atoms with Crippen LogP contribution in [-0.2, 0) is 11.3 Å². The molecule has 6 nitrogen and oxygen atoms in total. The first-order valence-corrected chi connectivity index (χ1v) is 10.4. The zero-order chi connectivity index (χ0) is 20.8. The minimum atomic E-state index is -0.671. The van der Waals surface area contributed by atoms with Crippen LogP contribution in [0.4, 0.5) is 5.69 Å². The van der Waals surface area contributed by atoms with Crippen molar-refractivity contribution in [2.75, 3.05) is 11.4 Å². The molecule has 6 heteroatoms. The lowest BCUT2D eigenvalue weighted by Gasteiger charge is -2.36. The molecule has 0 spiro atoms. The molecule has 1 amide bonds. The summed E-state index contributed by atoms with van der Waals surface area (Å²) in [4.78, 5) is 14.1. The summed E-state index contributed by atoms with van der Waals surface area (Å²) in [5.74, 6) is 1.66. The summed E-state index contributed by atoms with van der Waals surface area (Å²) in [5, 5.41) is 4.08. The number of hydrogen-bond acceptors (Lipinski definition) is 5. The average Bonchev–Trinajstić information content (AvgIpc) is 3.52. The lowest BCUT2D eigenvalue weighted by Crippen LogP contribution is -2.47. The summed E-state index contributed by atoms with van der Waals surface area (Å²) in [6.07, 6.45) is 1.82. The summed E-state index contributed by atoms with van der Waals surface area (Å²) < 4.78 is 11.3. The quantitative estimate of drug-likeness (QED) is 0.694. The normalized spacial score (nSPS) is 18.1. The molecule has 30 heavy (non-hydrogen) atoms. The Bertz CT molecular complexity index is 1100. The monoisotopic (exact) mass is 403 g/mol. The number of carbonyl (C=O) groups excluding carboxylic acids is 1. The molecule has 2 heterocycles. The second-order valence-corrected chi connectivity index (χ2v) is 8.24. The molecule has 0 saturated heterocycles. The van der Waals surface area contributed by atoms with E-state index in [9.17, 15) is 4.79 Å². The number of carbonyl (C=O) groups is 1. The fourth-order valence-electron chi connectivity index (χ4n) is 4.38. The molecule has 154 valence electrons. The molecule has 2 N–H and O–H groups in total. The predicted octanol–water partition coefficient (Wildman–Crippen LogP) is 4.09. The molecule has 1 aromatic heterocycles. The van der Waals surface area contributed by atoms with Gasteiger partial charge in [-0.2, -0.15) is 0 Å². The highest BCUT2D eigenvalue weighted by atomic mass is 16.5. The minimum absolute atomic E-state index is 0.423. The number of hydrogen-bond donors (Lipinski definition) is 1. The van der Waals surface area contributed by atoms with E-state index < -0.39 is 12.0 Å². The molecular formula is C24H25N3O3. The third kappa shape index (κ3) is 3.32. The van der Waals surface area contributed by atoms with E-state index in [0.717, 1.165) is 28.3 Å². The molecule has 0 radical (unpaired) electrons. The van der Waals surface area contributed by atoms with Crippen LogP contribution in [-0.4, -0.2) is 23.7 Å². The van der Waals surface area contributed by atoms with Gasteiger partial charge in [0.05, 0.1) is 17.9 Å². The van der Waals surface area contributed by atoms with Gasteiger partial charge in [-0.05, 0) is 61.4 Å². The fourth-order valence-corrected chi connectivity index (χ4v) is 4.38. The molecular weight excluding hydrogens is 378 g/mol. The molecule has 1 atom stereocenters. The maximum absolute atomic E-state index is 11.9. The standard InChI is InChI=1S/C24H25N3O3/c1-14-23(15(2)30-26-14)17-9-10-21-20(11-17)27(13-22(29-21)24(25)28)12-18-5-3-4-6-19(18)16-7-8-16/h3-6,9-11,16,22H,7-8,12-13H2,1-2H3,(H2,25,28). The van der Waals surface area contributed by atoms with E-state index in [-0.39, 0.29) is 0 Å². The Morgan fingerprint density at radius 1 is 1.20 bits per heavy atom. The number of benzene rings is 2. The van der Waals surface area contributed by atoms with Crippen molar-refractivity contribution < 1.29 is 14.1 Å². The Balaban J connectivity index is 1.56. The van der Waals surface area contributed by atoms with Crippen LogP contribution in [0.2, 0.25) is 0 Å². The summed E-state index contributed by atoms with van der Waals surface area (Å²) >= 11 is 0. The van der Waals surface area contributed by atoms with E-state index in [1.54, 1.807) is 0 Å². The number of anilines is 1. The largest absolute Gasteiger partial charge is 0.477 e. The first kappa shape index (κ1) is 18.7. The van der Waals surface area contributed by atoms with Crippen LogP contribution in [0.3, 0.4) is 0 Å². The van der Waals surface area contributed by atoms with Crippen molar-refractivity contribution in [3.8, 4) is 16.9 Å². The molecule has 1 unspecified atom stereocenters. The summed E-state index contributed by atoms with van der Waals surface area (Å²) in [5.41, 5.74) is 12.1. The highest BCUT2D eigenvalue weighted by molar-refractivity contribution is 5.83. The number of fused-ring (bicyclic) bond motifs is 1. The van der Waals surface area contributed by atoms with Crippen molar-refractivity contribution in [3.05, 3.63) is 65.0 Å². The van der Waals surface area contributed by atoms with Gasteiger partial charge >= 0.3 is 0 Å². The van der Waals surface area contributed by atoms with Crippen molar-refractivity contribution >= 4 is 11.6 Å². The van der Waals surface area contributed by atoms with Crippen molar-refractivity contribution in [2.45, 2.75) is 45.3 Å².